The maximum absolute atomic E-state index is 13.0. The van der Waals surface area contributed by atoms with Crippen LogP contribution < -0.4 is 0 Å². The SMILES string of the molecule is Cc1nn(-c2ccccc2)c(C)c1CC(=O)N(C)C1(C(=O)O)CCCCC1. The Balaban J connectivity index is 1.86. The molecule has 1 fully saturated rings. The van der Waals surface area contributed by atoms with Crippen LogP contribution in [-0.2, 0) is 16.0 Å². The molecular weight excluding hydrogens is 342 g/mol. The van der Waals surface area contributed by atoms with Crippen molar-refractivity contribution in [1.29, 1.82) is 0 Å². The number of benzene rings is 1. The number of hydrogen-bond donors (Lipinski definition) is 1. The summed E-state index contributed by atoms with van der Waals surface area (Å²) in [7, 11) is 1.63. The van der Waals surface area contributed by atoms with Crippen molar-refractivity contribution in [2.75, 3.05) is 7.05 Å². The summed E-state index contributed by atoms with van der Waals surface area (Å²) in [6.45, 7) is 3.84. The molecule has 3 rings (SSSR count). The fourth-order valence-electron chi connectivity index (χ4n) is 4.09. The maximum Gasteiger partial charge on any atom is 0.329 e. The van der Waals surface area contributed by atoms with Crippen molar-refractivity contribution in [3.63, 3.8) is 0 Å². The predicted octanol–water partition coefficient (Wildman–Crippen LogP) is 3.28. The first-order valence-corrected chi connectivity index (χ1v) is 9.47. The minimum Gasteiger partial charge on any atom is -0.479 e. The van der Waals surface area contributed by atoms with Crippen LogP contribution in [-0.4, -0.2) is 44.3 Å². The molecule has 1 aliphatic carbocycles. The molecule has 0 aliphatic heterocycles. The highest BCUT2D eigenvalue weighted by Gasteiger charge is 2.45. The summed E-state index contributed by atoms with van der Waals surface area (Å²) in [5, 5.41) is 14.4. The molecule has 0 saturated heterocycles. The topological polar surface area (TPSA) is 75.4 Å². The number of nitrogens with zero attached hydrogens (tertiary/aromatic N) is 3. The van der Waals surface area contributed by atoms with Crippen LogP contribution in [0.5, 0.6) is 0 Å². The Labute approximate surface area is 159 Å². The number of carbonyl (C=O) groups excluding carboxylic acids is 1. The summed E-state index contributed by atoms with van der Waals surface area (Å²) >= 11 is 0. The number of aromatic nitrogens is 2. The highest BCUT2D eigenvalue weighted by Crippen LogP contribution is 2.34. The Morgan fingerprint density at radius 3 is 2.37 bits per heavy atom. The van der Waals surface area contributed by atoms with E-state index in [9.17, 15) is 14.7 Å². The fourth-order valence-corrected chi connectivity index (χ4v) is 4.09. The van der Waals surface area contributed by atoms with Gasteiger partial charge in [0.2, 0.25) is 5.91 Å². The Morgan fingerprint density at radius 1 is 1.15 bits per heavy atom. The molecule has 1 heterocycles. The van der Waals surface area contributed by atoms with E-state index in [-0.39, 0.29) is 12.3 Å². The summed E-state index contributed by atoms with van der Waals surface area (Å²) in [6, 6.07) is 9.79. The number of aryl methyl sites for hydroxylation is 1. The molecule has 0 unspecified atom stereocenters. The predicted molar refractivity (Wildman–Crippen MR) is 103 cm³/mol. The third kappa shape index (κ3) is 3.48. The van der Waals surface area contributed by atoms with E-state index in [0.29, 0.717) is 12.8 Å². The van der Waals surface area contributed by atoms with Crippen molar-refractivity contribution in [2.45, 2.75) is 57.9 Å². The van der Waals surface area contributed by atoms with Crippen LogP contribution in [0.2, 0.25) is 0 Å². The highest BCUT2D eigenvalue weighted by molar-refractivity contribution is 5.88. The van der Waals surface area contributed by atoms with E-state index in [1.165, 1.54) is 4.90 Å². The molecule has 6 nitrogen and oxygen atoms in total. The molecule has 1 N–H and O–H groups in total. The van der Waals surface area contributed by atoms with Gasteiger partial charge in [-0.2, -0.15) is 5.10 Å². The zero-order valence-corrected chi connectivity index (χ0v) is 16.2. The molecule has 1 aromatic heterocycles. The first-order valence-electron chi connectivity index (χ1n) is 9.47. The van der Waals surface area contributed by atoms with Crippen molar-refractivity contribution < 1.29 is 14.7 Å². The quantitative estimate of drug-likeness (QED) is 0.878. The Kier molecular flexibility index (Phi) is 5.35. The van der Waals surface area contributed by atoms with E-state index in [4.69, 9.17) is 0 Å². The number of para-hydroxylation sites is 1. The summed E-state index contributed by atoms with van der Waals surface area (Å²) in [5.74, 6) is -1.07. The zero-order valence-electron chi connectivity index (χ0n) is 16.2. The minimum atomic E-state index is -1.08. The Morgan fingerprint density at radius 2 is 1.78 bits per heavy atom. The molecule has 1 aromatic carbocycles. The molecule has 1 saturated carbocycles. The van der Waals surface area contributed by atoms with Gasteiger partial charge >= 0.3 is 5.97 Å². The van der Waals surface area contributed by atoms with Crippen molar-refractivity contribution in [1.82, 2.24) is 14.7 Å². The van der Waals surface area contributed by atoms with E-state index >= 15 is 0 Å². The van der Waals surface area contributed by atoms with Gasteiger partial charge in [0, 0.05) is 18.3 Å². The highest BCUT2D eigenvalue weighted by atomic mass is 16.4. The van der Waals surface area contributed by atoms with E-state index in [0.717, 1.165) is 41.9 Å². The number of rotatable bonds is 5. The van der Waals surface area contributed by atoms with E-state index < -0.39 is 11.5 Å². The first-order chi connectivity index (χ1) is 12.9. The second-order valence-electron chi connectivity index (χ2n) is 7.42. The summed E-state index contributed by atoms with van der Waals surface area (Å²) in [6.07, 6.45) is 3.91. The largest absolute Gasteiger partial charge is 0.479 e. The van der Waals surface area contributed by atoms with Gasteiger partial charge in [-0.15, -0.1) is 0 Å². The van der Waals surface area contributed by atoms with Gasteiger partial charge in [0.15, 0.2) is 0 Å². The lowest BCUT2D eigenvalue weighted by Crippen LogP contribution is -2.56. The minimum absolute atomic E-state index is 0.163. The van der Waals surface area contributed by atoms with Crippen LogP contribution in [0.1, 0.15) is 49.1 Å². The smallest absolute Gasteiger partial charge is 0.329 e. The summed E-state index contributed by atoms with van der Waals surface area (Å²) in [4.78, 5) is 26.4. The number of likely N-dealkylation sites (N-methyl/N-ethyl adjacent to an activating group) is 1. The molecule has 2 aromatic rings. The van der Waals surface area contributed by atoms with Crippen LogP contribution in [0.3, 0.4) is 0 Å². The lowest BCUT2D eigenvalue weighted by molar-refractivity contribution is -0.160. The Hall–Kier alpha value is -2.63. The molecule has 0 bridgehead atoms. The van der Waals surface area contributed by atoms with Crippen LogP contribution in [0.15, 0.2) is 30.3 Å². The molecule has 0 spiro atoms. The van der Waals surface area contributed by atoms with Crippen LogP contribution in [0.25, 0.3) is 5.69 Å². The molecule has 0 radical (unpaired) electrons. The van der Waals surface area contributed by atoms with Gasteiger partial charge in [-0.05, 0) is 38.8 Å². The van der Waals surface area contributed by atoms with Crippen molar-refractivity contribution in [3.05, 3.63) is 47.3 Å². The molecular formula is C21H27N3O3. The van der Waals surface area contributed by atoms with Gasteiger partial charge in [-0.25, -0.2) is 9.48 Å². The summed E-state index contributed by atoms with van der Waals surface area (Å²) in [5.41, 5.74) is 2.44. The number of amides is 1. The van der Waals surface area contributed by atoms with Crippen LogP contribution in [0, 0.1) is 13.8 Å². The van der Waals surface area contributed by atoms with Crippen molar-refractivity contribution in [2.24, 2.45) is 0 Å². The molecule has 1 amide bonds. The second kappa shape index (κ2) is 7.55. The molecule has 144 valence electrons. The average Bonchev–Trinajstić information content (AvgIpc) is 2.96. The molecule has 6 heteroatoms. The van der Waals surface area contributed by atoms with Crippen LogP contribution >= 0.6 is 0 Å². The lowest BCUT2D eigenvalue weighted by atomic mass is 9.80. The Bertz CT molecular complexity index is 836. The van der Waals surface area contributed by atoms with Crippen molar-refractivity contribution >= 4 is 11.9 Å². The van der Waals surface area contributed by atoms with E-state index in [2.05, 4.69) is 5.10 Å². The maximum atomic E-state index is 13.0. The third-order valence-electron chi connectivity index (χ3n) is 5.86. The number of aliphatic carboxylic acids is 1. The number of carboxylic acid groups (broad SMARTS) is 1. The molecule has 1 aliphatic rings. The van der Waals surface area contributed by atoms with E-state index in [1.54, 1.807) is 7.05 Å². The van der Waals surface area contributed by atoms with Gasteiger partial charge in [0.25, 0.3) is 0 Å². The number of hydrogen-bond acceptors (Lipinski definition) is 3. The number of carbonyl (C=O) groups is 2. The van der Waals surface area contributed by atoms with E-state index in [1.807, 2.05) is 48.9 Å². The van der Waals surface area contributed by atoms with Crippen LogP contribution in [0.4, 0.5) is 0 Å². The molecule has 0 atom stereocenters. The van der Waals surface area contributed by atoms with Gasteiger partial charge in [-0.1, -0.05) is 37.5 Å². The van der Waals surface area contributed by atoms with Crippen molar-refractivity contribution in [3.8, 4) is 5.69 Å². The van der Waals surface area contributed by atoms with Gasteiger partial charge in [0.1, 0.15) is 5.54 Å². The van der Waals surface area contributed by atoms with Gasteiger partial charge in [-0.3, -0.25) is 4.79 Å². The normalized spacial score (nSPS) is 16.1. The average molecular weight is 369 g/mol. The standard InChI is InChI=1S/C21H27N3O3/c1-15-18(16(2)24(22-15)17-10-6-4-7-11-17)14-19(25)23(3)21(20(26)27)12-8-5-9-13-21/h4,6-7,10-11H,5,8-9,12-14H2,1-3H3,(H,26,27). The second-order valence-corrected chi connectivity index (χ2v) is 7.42. The lowest BCUT2D eigenvalue weighted by Gasteiger charge is -2.41. The monoisotopic (exact) mass is 369 g/mol. The first kappa shape index (κ1) is 19.1. The zero-order chi connectivity index (χ0) is 19.6. The van der Waals surface area contributed by atoms with Gasteiger partial charge < -0.3 is 10.0 Å². The van der Waals surface area contributed by atoms with Gasteiger partial charge in [0.05, 0.1) is 17.8 Å². The fraction of sp³-hybridized carbons (Fsp3) is 0.476. The molecule has 27 heavy (non-hydrogen) atoms. The third-order valence-corrected chi connectivity index (χ3v) is 5.86. The summed E-state index contributed by atoms with van der Waals surface area (Å²) < 4.78 is 1.84. The number of carboxylic acids is 1.